The second kappa shape index (κ2) is 7.21. The fourth-order valence-corrected chi connectivity index (χ4v) is 1.29. The van der Waals surface area contributed by atoms with Crippen molar-refractivity contribution in [2.45, 2.75) is 13.5 Å². The van der Waals surface area contributed by atoms with E-state index in [-0.39, 0.29) is 6.61 Å². The Bertz CT molecular complexity index is 280. The summed E-state index contributed by atoms with van der Waals surface area (Å²) in [6.45, 7) is 3.50. The van der Waals surface area contributed by atoms with Gasteiger partial charge < -0.3 is 9.84 Å². The molecule has 1 rings (SSSR count). The number of benzene rings is 1. The Morgan fingerprint density at radius 2 is 2.07 bits per heavy atom. The van der Waals surface area contributed by atoms with Crippen LogP contribution in [0.4, 0.5) is 0 Å². The molecule has 0 radical (unpaired) electrons. The first-order valence-electron chi connectivity index (χ1n) is 5.22. The fourth-order valence-electron chi connectivity index (χ4n) is 1.29. The van der Waals surface area contributed by atoms with Crippen molar-refractivity contribution in [2.24, 2.45) is 5.92 Å². The first-order valence-corrected chi connectivity index (χ1v) is 5.22. The van der Waals surface area contributed by atoms with Crippen molar-refractivity contribution in [3.8, 4) is 0 Å². The third-order valence-corrected chi connectivity index (χ3v) is 2.06. The van der Waals surface area contributed by atoms with Crippen LogP contribution < -0.4 is 0 Å². The van der Waals surface area contributed by atoms with Gasteiger partial charge in [0.1, 0.15) is 0 Å². The topological polar surface area (TPSA) is 29.5 Å². The highest BCUT2D eigenvalue weighted by Crippen LogP contribution is 2.03. The van der Waals surface area contributed by atoms with Crippen LogP contribution >= 0.6 is 0 Å². The molecule has 1 unspecified atom stereocenters. The first-order chi connectivity index (χ1) is 7.33. The van der Waals surface area contributed by atoms with Gasteiger partial charge >= 0.3 is 0 Å². The van der Waals surface area contributed by atoms with Crippen LogP contribution in [-0.4, -0.2) is 18.3 Å². The summed E-state index contributed by atoms with van der Waals surface area (Å²) in [7, 11) is 0. The molecule has 0 bridgehead atoms. The molecular weight excluding hydrogens is 188 g/mol. The molecule has 0 heterocycles. The third-order valence-electron chi connectivity index (χ3n) is 2.06. The Kier molecular flexibility index (Phi) is 5.74. The normalized spacial score (nSPS) is 13.2. The van der Waals surface area contributed by atoms with Crippen LogP contribution in [0.3, 0.4) is 0 Å². The zero-order valence-electron chi connectivity index (χ0n) is 9.10. The van der Waals surface area contributed by atoms with E-state index in [1.54, 1.807) is 6.08 Å². The van der Waals surface area contributed by atoms with Gasteiger partial charge in [0.05, 0.1) is 19.8 Å². The van der Waals surface area contributed by atoms with Crippen LogP contribution in [0.2, 0.25) is 0 Å². The Labute approximate surface area is 91.2 Å². The molecule has 2 heteroatoms. The molecule has 0 spiro atoms. The van der Waals surface area contributed by atoms with Gasteiger partial charge in [0.15, 0.2) is 0 Å². The van der Waals surface area contributed by atoms with Gasteiger partial charge in [-0.3, -0.25) is 0 Å². The number of ether oxygens (including phenoxy) is 1. The summed E-state index contributed by atoms with van der Waals surface area (Å²) in [6.07, 6.45) is 3.71. The van der Waals surface area contributed by atoms with Crippen molar-refractivity contribution in [1.29, 1.82) is 0 Å². The maximum Gasteiger partial charge on any atom is 0.0717 e. The maximum atomic E-state index is 8.59. The molecule has 0 aliphatic rings. The number of aliphatic hydroxyl groups excluding tert-OH is 1. The van der Waals surface area contributed by atoms with Crippen LogP contribution in [0.1, 0.15) is 12.5 Å². The zero-order chi connectivity index (χ0) is 10.9. The minimum Gasteiger partial charge on any atom is -0.392 e. The van der Waals surface area contributed by atoms with Gasteiger partial charge in [0.25, 0.3) is 0 Å². The zero-order valence-corrected chi connectivity index (χ0v) is 9.10. The molecule has 2 nitrogen and oxygen atoms in total. The lowest BCUT2D eigenvalue weighted by Crippen LogP contribution is -2.03. The lowest BCUT2D eigenvalue weighted by Gasteiger charge is -2.07. The molecule has 0 aliphatic heterocycles. The molecule has 1 atom stereocenters. The molecule has 1 aromatic rings. The van der Waals surface area contributed by atoms with Gasteiger partial charge in [-0.2, -0.15) is 0 Å². The van der Waals surface area contributed by atoms with Crippen molar-refractivity contribution >= 4 is 0 Å². The van der Waals surface area contributed by atoms with E-state index in [9.17, 15) is 0 Å². The van der Waals surface area contributed by atoms with Crippen LogP contribution in [0, 0.1) is 5.92 Å². The first kappa shape index (κ1) is 12.0. The van der Waals surface area contributed by atoms with E-state index in [1.165, 1.54) is 5.56 Å². The van der Waals surface area contributed by atoms with Crippen molar-refractivity contribution in [2.75, 3.05) is 13.2 Å². The summed E-state index contributed by atoms with van der Waals surface area (Å²) in [4.78, 5) is 0. The quantitative estimate of drug-likeness (QED) is 0.724. The number of aliphatic hydroxyl groups is 1. The minimum atomic E-state index is 0.100. The van der Waals surface area contributed by atoms with E-state index in [1.807, 2.05) is 36.4 Å². The highest BCUT2D eigenvalue weighted by Gasteiger charge is 1.97. The molecule has 0 aliphatic carbocycles. The van der Waals surface area contributed by atoms with Crippen LogP contribution in [0.5, 0.6) is 0 Å². The summed E-state index contributed by atoms with van der Waals surface area (Å²) < 4.78 is 5.55. The van der Waals surface area contributed by atoms with Gasteiger partial charge in [-0.15, -0.1) is 0 Å². The Morgan fingerprint density at radius 3 is 2.73 bits per heavy atom. The molecule has 0 saturated carbocycles. The van der Waals surface area contributed by atoms with E-state index in [2.05, 4.69) is 6.92 Å². The lowest BCUT2D eigenvalue weighted by atomic mass is 10.2. The summed E-state index contributed by atoms with van der Waals surface area (Å²) >= 11 is 0. The minimum absolute atomic E-state index is 0.100. The van der Waals surface area contributed by atoms with Gasteiger partial charge in [-0.25, -0.2) is 0 Å². The highest BCUT2D eigenvalue weighted by molar-refractivity contribution is 5.13. The molecular formula is C13H18O2. The molecule has 0 fully saturated rings. The Balaban J connectivity index is 2.19. The van der Waals surface area contributed by atoms with Crippen LogP contribution in [-0.2, 0) is 11.3 Å². The van der Waals surface area contributed by atoms with Gasteiger partial charge in [0, 0.05) is 0 Å². The Hall–Kier alpha value is -1.12. The second-order valence-corrected chi connectivity index (χ2v) is 3.59. The van der Waals surface area contributed by atoms with Crippen LogP contribution in [0.15, 0.2) is 42.5 Å². The summed E-state index contributed by atoms with van der Waals surface area (Å²) in [5, 5.41) is 8.59. The van der Waals surface area contributed by atoms with Crippen molar-refractivity contribution in [3.63, 3.8) is 0 Å². The van der Waals surface area contributed by atoms with E-state index in [4.69, 9.17) is 9.84 Å². The van der Waals surface area contributed by atoms with E-state index < -0.39 is 0 Å². The SMILES string of the molecule is CC(/C=C/CO)COCc1ccccc1. The number of hydrogen-bond donors (Lipinski definition) is 1. The van der Waals surface area contributed by atoms with Gasteiger partial charge in [-0.05, 0) is 11.5 Å². The molecule has 1 N–H and O–H groups in total. The lowest BCUT2D eigenvalue weighted by molar-refractivity contribution is 0.104. The summed E-state index contributed by atoms with van der Waals surface area (Å²) in [6, 6.07) is 10.1. The summed E-state index contributed by atoms with van der Waals surface area (Å²) in [5.41, 5.74) is 1.19. The maximum absolute atomic E-state index is 8.59. The molecule has 15 heavy (non-hydrogen) atoms. The van der Waals surface area contributed by atoms with E-state index in [0.717, 1.165) is 0 Å². The Morgan fingerprint density at radius 1 is 1.33 bits per heavy atom. The van der Waals surface area contributed by atoms with Gasteiger partial charge in [-0.1, -0.05) is 49.4 Å². The van der Waals surface area contributed by atoms with E-state index >= 15 is 0 Å². The third kappa shape index (κ3) is 5.35. The fraction of sp³-hybridized carbons (Fsp3) is 0.385. The van der Waals surface area contributed by atoms with Crippen molar-refractivity contribution in [1.82, 2.24) is 0 Å². The standard InChI is InChI=1S/C13H18O2/c1-12(6-5-9-14)10-15-11-13-7-3-2-4-8-13/h2-8,12,14H,9-11H2,1H3/b6-5+. The smallest absolute Gasteiger partial charge is 0.0717 e. The highest BCUT2D eigenvalue weighted by atomic mass is 16.5. The van der Waals surface area contributed by atoms with Crippen molar-refractivity contribution < 1.29 is 9.84 Å². The number of rotatable bonds is 6. The summed E-state index contributed by atoms with van der Waals surface area (Å²) in [5.74, 6) is 0.348. The number of hydrogen-bond acceptors (Lipinski definition) is 2. The average molecular weight is 206 g/mol. The molecule has 1 aromatic carbocycles. The second-order valence-electron chi connectivity index (χ2n) is 3.59. The van der Waals surface area contributed by atoms with Crippen LogP contribution in [0.25, 0.3) is 0 Å². The predicted molar refractivity (Wildman–Crippen MR) is 61.5 cm³/mol. The molecule has 0 saturated heterocycles. The van der Waals surface area contributed by atoms with Crippen molar-refractivity contribution in [3.05, 3.63) is 48.0 Å². The largest absolute Gasteiger partial charge is 0.392 e. The molecule has 82 valence electrons. The predicted octanol–water partition coefficient (Wildman–Crippen LogP) is 2.39. The average Bonchev–Trinajstić information content (AvgIpc) is 2.28. The van der Waals surface area contributed by atoms with E-state index in [0.29, 0.717) is 19.1 Å². The molecule has 0 amide bonds. The monoisotopic (exact) mass is 206 g/mol. The molecule has 0 aromatic heterocycles. The van der Waals surface area contributed by atoms with Gasteiger partial charge in [0.2, 0.25) is 0 Å².